The summed E-state index contributed by atoms with van der Waals surface area (Å²) < 4.78 is 31.0. The Labute approximate surface area is 85.1 Å². The zero-order chi connectivity index (χ0) is 11.2. The normalized spacial score (nSPS) is 38.2. The van der Waals surface area contributed by atoms with E-state index >= 15 is 0 Å². The van der Waals surface area contributed by atoms with Crippen LogP contribution >= 0.6 is 0 Å². The molecule has 4 nitrogen and oxygen atoms in total. The summed E-state index contributed by atoms with van der Waals surface area (Å²) in [7, 11) is -4.37. The van der Waals surface area contributed by atoms with Crippen molar-refractivity contribution < 1.29 is 18.1 Å². The molecule has 1 rings (SSSR count). The molecule has 2 atom stereocenters. The van der Waals surface area contributed by atoms with Crippen molar-refractivity contribution in [1.82, 2.24) is 0 Å². The number of hydrogen-bond donors (Lipinski definition) is 2. The molecule has 1 aliphatic rings. The fourth-order valence-electron chi connectivity index (χ4n) is 2.24. The summed E-state index contributed by atoms with van der Waals surface area (Å²) in [4.78, 5) is -1.94. The van der Waals surface area contributed by atoms with Crippen molar-refractivity contribution >= 4 is 10.1 Å². The highest BCUT2D eigenvalue weighted by atomic mass is 32.2. The first-order valence-corrected chi connectivity index (χ1v) is 6.22. The monoisotopic (exact) mass is 222 g/mol. The smallest absolute Gasteiger partial charge is 0.295 e. The quantitative estimate of drug-likeness (QED) is 0.658. The van der Waals surface area contributed by atoms with Gasteiger partial charge in [-0.2, -0.15) is 8.42 Å². The van der Waals surface area contributed by atoms with Crippen molar-refractivity contribution in [2.45, 2.75) is 45.0 Å². The van der Waals surface area contributed by atoms with E-state index in [1.54, 1.807) is 6.92 Å². The Morgan fingerprint density at radius 2 is 1.79 bits per heavy atom. The summed E-state index contributed by atoms with van der Waals surface area (Å²) in [6.07, 6.45) is 1.32. The lowest BCUT2D eigenvalue weighted by atomic mass is 9.71. The van der Waals surface area contributed by atoms with Gasteiger partial charge in [0.15, 0.2) is 4.93 Å². The second kappa shape index (κ2) is 3.18. The van der Waals surface area contributed by atoms with Crippen LogP contribution in [0.15, 0.2) is 0 Å². The van der Waals surface area contributed by atoms with Gasteiger partial charge in [-0.25, -0.2) is 0 Å². The van der Waals surface area contributed by atoms with Crippen LogP contribution in [-0.4, -0.2) is 23.0 Å². The van der Waals surface area contributed by atoms with E-state index in [1.165, 1.54) is 0 Å². The molecule has 1 fully saturated rings. The highest BCUT2D eigenvalue weighted by Crippen LogP contribution is 2.45. The Balaban J connectivity index is 2.97. The molecule has 84 valence electrons. The van der Waals surface area contributed by atoms with Gasteiger partial charge < -0.3 is 5.11 Å². The molecule has 2 unspecified atom stereocenters. The third-order valence-corrected chi connectivity index (χ3v) is 4.74. The second-order valence-electron chi connectivity index (χ2n) is 5.09. The number of rotatable bonds is 1. The summed E-state index contributed by atoms with van der Waals surface area (Å²) in [5.41, 5.74) is 0.0380. The minimum Gasteiger partial charge on any atom is -0.372 e. The van der Waals surface area contributed by atoms with Gasteiger partial charge in [-0.3, -0.25) is 4.55 Å². The molecule has 0 aromatic carbocycles. The first kappa shape index (κ1) is 11.9. The minimum absolute atomic E-state index is 0.0380. The van der Waals surface area contributed by atoms with E-state index < -0.39 is 21.0 Å². The van der Waals surface area contributed by atoms with Crippen LogP contribution in [0.3, 0.4) is 0 Å². The zero-order valence-electron chi connectivity index (χ0n) is 8.82. The fourth-order valence-corrected chi connectivity index (χ4v) is 3.19. The molecular formula is C9H18O4S. The van der Waals surface area contributed by atoms with Gasteiger partial charge in [0.1, 0.15) is 0 Å². The van der Waals surface area contributed by atoms with E-state index in [0.29, 0.717) is 12.8 Å². The van der Waals surface area contributed by atoms with E-state index in [-0.39, 0.29) is 11.8 Å². The van der Waals surface area contributed by atoms with Crippen molar-refractivity contribution in [3.8, 4) is 0 Å². The Morgan fingerprint density at radius 1 is 1.29 bits per heavy atom. The average molecular weight is 222 g/mol. The van der Waals surface area contributed by atoms with Crippen LogP contribution in [-0.2, 0) is 10.1 Å². The third kappa shape index (κ3) is 1.94. The highest BCUT2D eigenvalue weighted by molar-refractivity contribution is 7.87. The fraction of sp³-hybridized carbons (Fsp3) is 1.00. The largest absolute Gasteiger partial charge is 0.372 e. The lowest BCUT2D eigenvalue weighted by Crippen LogP contribution is -2.49. The molecule has 0 heterocycles. The summed E-state index contributed by atoms with van der Waals surface area (Å²) in [5.74, 6) is -0.429. The molecule has 5 heteroatoms. The third-order valence-electron chi connectivity index (χ3n) is 3.24. The van der Waals surface area contributed by atoms with Crippen LogP contribution < -0.4 is 0 Å². The van der Waals surface area contributed by atoms with E-state index in [9.17, 15) is 13.5 Å². The standard InChI is InChI=1S/C9H18O4S/c1-7-6-8(2,3)4-5-9(7,10)14(11,12)13/h7,10H,4-6H2,1-3H3,(H,11,12,13). The topological polar surface area (TPSA) is 74.6 Å². The summed E-state index contributed by atoms with van der Waals surface area (Å²) in [6.45, 7) is 5.73. The van der Waals surface area contributed by atoms with Crippen molar-refractivity contribution in [3.05, 3.63) is 0 Å². The summed E-state index contributed by atoms with van der Waals surface area (Å²) >= 11 is 0. The van der Waals surface area contributed by atoms with Gasteiger partial charge in [-0.15, -0.1) is 0 Å². The lowest BCUT2D eigenvalue weighted by Gasteiger charge is -2.42. The first-order chi connectivity index (χ1) is 6.08. The van der Waals surface area contributed by atoms with Gasteiger partial charge in [0.2, 0.25) is 0 Å². The molecule has 1 aliphatic carbocycles. The van der Waals surface area contributed by atoms with Gasteiger partial charge in [0.25, 0.3) is 10.1 Å². The van der Waals surface area contributed by atoms with Gasteiger partial charge >= 0.3 is 0 Å². The van der Waals surface area contributed by atoms with Gasteiger partial charge in [0, 0.05) is 5.92 Å². The first-order valence-electron chi connectivity index (χ1n) is 4.78. The molecule has 14 heavy (non-hydrogen) atoms. The number of hydrogen-bond acceptors (Lipinski definition) is 3. The molecular weight excluding hydrogens is 204 g/mol. The summed E-state index contributed by atoms with van der Waals surface area (Å²) in [6, 6.07) is 0. The van der Waals surface area contributed by atoms with Crippen molar-refractivity contribution in [1.29, 1.82) is 0 Å². The van der Waals surface area contributed by atoms with Crippen molar-refractivity contribution in [2.24, 2.45) is 11.3 Å². The highest BCUT2D eigenvalue weighted by Gasteiger charge is 2.50. The lowest BCUT2D eigenvalue weighted by molar-refractivity contribution is -0.0119. The Kier molecular flexibility index (Phi) is 2.71. The van der Waals surface area contributed by atoms with Crippen molar-refractivity contribution in [3.63, 3.8) is 0 Å². The van der Waals surface area contributed by atoms with E-state index in [2.05, 4.69) is 0 Å². The maximum atomic E-state index is 11.0. The van der Waals surface area contributed by atoms with Crippen LogP contribution in [0, 0.1) is 11.3 Å². The molecule has 0 aromatic rings. The molecule has 0 radical (unpaired) electrons. The van der Waals surface area contributed by atoms with E-state index in [1.807, 2.05) is 13.8 Å². The Morgan fingerprint density at radius 3 is 2.14 bits per heavy atom. The average Bonchev–Trinajstić information content (AvgIpc) is 1.94. The SMILES string of the molecule is CC1CC(C)(C)CCC1(O)S(=O)(=O)O. The molecule has 0 bridgehead atoms. The van der Waals surface area contributed by atoms with Crippen LogP contribution in [0.2, 0.25) is 0 Å². The van der Waals surface area contributed by atoms with Crippen molar-refractivity contribution in [2.75, 3.05) is 0 Å². The van der Waals surface area contributed by atoms with Gasteiger partial charge in [-0.05, 0) is 24.7 Å². The van der Waals surface area contributed by atoms with E-state index in [0.717, 1.165) is 0 Å². The van der Waals surface area contributed by atoms with Gasteiger partial charge in [-0.1, -0.05) is 20.8 Å². The van der Waals surface area contributed by atoms with Crippen LogP contribution in [0.1, 0.15) is 40.0 Å². The molecule has 0 aliphatic heterocycles. The molecule has 2 N–H and O–H groups in total. The Hall–Kier alpha value is -0.130. The Bertz CT molecular complexity index is 320. The predicted octanol–water partition coefficient (Wildman–Crippen LogP) is 1.41. The molecule has 0 saturated heterocycles. The van der Waals surface area contributed by atoms with Crippen LogP contribution in [0.5, 0.6) is 0 Å². The van der Waals surface area contributed by atoms with Crippen LogP contribution in [0.25, 0.3) is 0 Å². The zero-order valence-corrected chi connectivity index (χ0v) is 9.63. The molecule has 0 aromatic heterocycles. The molecule has 0 spiro atoms. The molecule has 1 saturated carbocycles. The van der Waals surface area contributed by atoms with Gasteiger partial charge in [0.05, 0.1) is 0 Å². The second-order valence-corrected chi connectivity index (χ2v) is 6.75. The van der Waals surface area contributed by atoms with Crippen LogP contribution in [0.4, 0.5) is 0 Å². The number of aliphatic hydroxyl groups is 1. The minimum atomic E-state index is -4.37. The summed E-state index contributed by atoms with van der Waals surface area (Å²) in [5, 5.41) is 9.87. The maximum absolute atomic E-state index is 11.0. The molecule has 0 amide bonds. The van der Waals surface area contributed by atoms with E-state index in [4.69, 9.17) is 4.55 Å². The predicted molar refractivity (Wildman–Crippen MR) is 53.3 cm³/mol. The maximum Gasteiger partial charge on any atom is 0.295 e.